The number of rotatable bonds is 4. The normalized spacial score (nSPS) is 12.5. The third kappa shape index (κ3) is 3.48. The lowest BCUT2D eigenvalue weighted by molar-refractivity contribution is 0.337. The monoisotopic (exact) mass is 270 g/mol. The molecule has 0 aromatic heterocycles. The van der Waals surface area contributed by atoms with Gasteiger partial charge in [-0.1, -0.05) is 12.1 Å². The van der Waals surface area contributed by atoms with Crippen molar-refractivity contribution >= 4 is 9.84 Å². The maximum absolute atomic E-state index is 11.9. The van der Waals surface area contributed by atoms with Crippen molar-refractivity contribution in [1.29, 1.82) is 0 Å². The molecule has 18 heavy (non-hydrogen) atoms. The SMILES string of the molecule is Cc1cccc(OCCS(=O)(=O)C(C)(C)C)c1C. The van der Waals surface area contributed by atoms with Crippen molar-refractivity contribution in [2.24, 2.45) is 0 Å². The molecule has 0 atom stereocenters. The van der Waals surface area contributed by atoms with Gasteiger partial charge in [-0.15, -0.1) is 0 Å². The second kappa shape index (κ2) is 5.31. The quantitative estimate of drug-likeness (QED) is 0.845. The third-order valence-electron chi connectivity index (χ3n) is 3.10. The van der Waals surface area contributed by atoms with Gasteiger partial charge in [0.2, 0.25) is 0 Å². The largest absolute Gasteiger partial charge is 0.492 e. The number of hydrogen-bond acceptors (Lipinski definition) is 3. The molecule has 3 nitrogen and oxygen atoms in total. The van der Waals surface area contributed by atoms with Gasteiger partial charge in [0.1, 0.15) is 12.4 Å². The molecule has 0 heterocycles. The van der Waals surface area contributed by atoms with Crippen molar-refractivity contribution in [2.75, 3.05) is 12.4 Å². The van der Waals surface area contributed by atoms with Gasteiger partial charge in [-0.05, 0) is 51.8 Å². The molecule has 0 aliphatic heterocycles. The Hall–Kier alpha value is -1.03. The summed E-state index contributed by atoms with van der Waals surface area (Å²) >= 11 is 0. The maximum atomic E-state index is 11.9. The Morgan fingerprint density at radius 1 is 1.17 bits per heavy atom. The van der Waals surface area contributed by atoms with Crippen LogP contribution in [0.3, 0.4) is 0 Å². The van der Waals surface area contributed by atoms with Crippen molar-refractivity contribution in [3.63, 3.8) is 0 Å². The minimum absolute atomic E-state index is 0.0455. The predicted octanol–water partition coefficient (Wildman–Crippen LogP) is 2.90. The van der Waals surface area contributed by atoms with E-state index < -0.39 is 14.6 Å². The van der Waals surface area contributed by atoms with E-state index in [1.807, 2.05) is 32.0 Å². The van der Waals surface area contributed by atoms with Crippen molar-refractivity contribution in [1.82, 2.24) is 0 Å². The smallest absolute Gasteiger partial charge is 0.158 e. The third-order valence-corrected chi connectivity index (χ3v) is 5.67. The average molecular weight is 270 g/mol. The second-order valence-electron chi connectivity index (χ2n) is 5.48. The summed E-state index contributed by atoms with van der Waals surface area (Å²) in [7, 11) is -3.12. The zero-order chi connectivity index (χ0) is 14.0. The van der Waals surface area contributed by atoms with Crippen LogP contribution in [0.5, 0.6) is 5.75 Å². The van der Waals surface area contributed by atoms with Gasteiger partial charge >= 0.3 is 0 Å². The highest BCUT2D eigenvalue weighted by Gasteiger charge is 2.28. The average Bonchev–Trinajstić information content (AvgIpc) is 2.22. The Bertz CT molecular complexity index is 510. The molecule has 1 aromatic rings. The second-order valence-corrected chi connectivity index (χ2v) is 8.34. The number of hydrogen-bond donors (Lipinski definition) is 0. The van der Waals surface area contributed by atoms with Gasteiger partial charge in [0, 0.05) is 0 Å². The summed E-state index contributed by atoms with van der Waals surface area (Å²) < 4.78 is 28.7. The van der Waals surface area contributed by atoms with Crippen molar-refractivity contribution in [3.05, 3.63) is 29.3 Å². The molecule has 4 heteroatoms. The van der Waals surface area contributed by atoms with Crippen LogP contribution in [0.1, 0.15) is 31.9 Å². The van der Waals surface area contributed by atoms with Crippen molar-refractivity contribution in [2.45, 2.75) is 39.4 Å². The van der Waals surface area contributed by atoms with E-state index in [4.69, 9.17) is 4.74 Å². The van der Waals surface area contributed by atoms with E-state index in [1.54, 1.807) is 20.8 Å². The van der Waals surface area contributed by atoms with E-state index in [2.05, 4.69) is 0 Å². The fourth-order valence-electron chi connectivity index (χ4n) is 1.45. The standard InChI is InChI=1S/C14H22O3S/c1-11-7-6-8-13(12(11)2)17-9-10-18(15,16)14(3,4)5/h6-8H,9-10H2,1-5H3. The lowest BCUT2D eigenvalue weighted by Crippen LogP contribution is -2.32. The molecule has 0 radical (unpaired) electrons. The topological polar surface area (TPSA) is 43.4 Å². The van der Waals surface area contributed by atoms with Crippen molar-refractivity contribution < 1.29 is 13.2 Å². The molecular formula is C14H22O3S. The molecule has 0 saturated heterocycles. The van der Waals surface area contributed by atoms with E-state index in [0.29, 0.717) is 0 Å². The molecule has 0 aliphatic carbocycles. The Kier molecular flexibility index (Phi) is 4.43. The maximum Gasteiger partial charge on any atom is 0.158 e. The molecule has 0 bridgehead atoms. The fourth-order valence-corrected chi connectivity index (χ4v) is 2.36. The first-order chi connectivity index (χ1) is 8.15. The van der Waals surface area contributed by atoms with Gasteiger partial charge in [0.25, 0.3) is 0 Å². The fraction of sp³-hybridized carbons (Fsp3) is 0.571. The van der Waals surface area contributed by atoms with Gasteiger partial charge < -0.3 is 4.74 Å². The minimum atomic E-state index is -3.12. The molecular weight excluding hydrogens is 248 g/mol. The van der Waals surface area contributed by atoms with Crippen molar-refractivity contribution in [3.8, 4) is 5.75 Å². The van der Waals surface area contributed by atoms with Crippen LogP contribution < -0.4 is 4.74 Å². The van der Waals surface area contributed by atoms with Gasteiger partial charge in [0.15, 0.2) is 9.84 Å². The lowest BCUT2D eigenvalue weighted by Gasteiger charge is -2.19. The van der Waals surface area contributed by atoms with E-state index in [-0.39, 0.29) is 12.4 Å². The zero-order valence-electron chi connectivity index (χ0n) is 11.8. The summed E-state index contributed by atoms with van der Waals surface area (Å²) in [4.78, 5) is 0. The first-order valence-corrected chi connectivity index (χ1v) is 7.72. The molecule has 0 unspecified atom stereocenters. The van der Waals surface area contributed by atoms with E-state index in [1.165, 1.54) is 0 Å². The number of aryl methyl sites for hydroxylation is 1. The molecule has 102 valence electrons. The van der Waals surface area contributed by atoms with Gasteiger partial charge in [0.05, 0.1) is 10.5 Å². The molecule has 1 rings (SSSR count). The summed E-state index contributed by atoms with van der Waals surface area (Å²) in [5, 5.41) is 0. The lowest BCUT2D eigenvalue weighted by atomic mass is 10.1. The Morgan fingerprint density at radius 2 is 1.78 bits per heavy atom. The summed E-state index contributed by atoms with van der Waals surface area (Å²) in [5.74, 6) is 0.809. The number of sulfone groups is 1. The summed E-state index contributed by atoms with van der Waals surface area (Å²) in [5.41, 5.74) is 2.21. The zero-order valence-corrected chi connectivity index (χ0v) is 12.6. The van der Waals surface area contributed by atoms with Crippen LogP contribution in [-0.4, -0.2) is 25.5 Å². The van der Waals surface area contributed by atoms with Crippen LogP contribution in [-0.2, 0) is 9.84 Å². The van der Waals surface area contributed by atoms with Crippen LogP contribution in [0.25, 0.3) is 0 Å². The van der Waals surface area contributed by atoms with Crippen LogP contribution in [0, 0.1) is 13.8 Å². The van der Waals surface area contributed by atoms with E-state index >= 15 is 0 Å². The molecule has 0 amide bonds. The number of ether oxygens (including phenoxy) is 1. The van der Waals surface area contributed by atoms with Gasteiger partial charge in [-0.25, -0.2) is 8.42 Å². The highest BCUT2D eigenvalue weighted by atomic mass is 32.2. The number of benzene rings is 1. The van der Waals surface area contributed by atoms with Gasteiger partial charge in [-0.2, -0.15) is 0 Å². The predicted molar refractivity (Wildman–Crippen MR) is 75.0 cm³/mol. The van der Waals surface area contributed by atoms with Crippen LogP contribution in [0.4, 0.5) is 0 Å². The Balaban J connectivity index is 2.66. The summed E-state index contributed by atoms with van der Waals surface area (Å²) in [6.07, 6.45) is 0. The van der Waals surface area contributed by atoms with E-state index in [9.17, 15) is 8.42 Å². The van der Waals surface area contributed by atoms with Gasteiger partial charge in [-0.3, -0.25) is 0 Å². The van der Waals surface area contributed by atoms with E-state index in [0.717, 1.165) is 16.9 Å². The highest BCUT2D eigenvalue weighted by Crippen LogP contribution is 2.21. The first kappa shape index (κ1) is 15.0. The minimum Gasteiger partial charge on any atom is -0.492 e. The Morgan fingerprint density at radius 3 is 2.33 bits per heavy atom. The Labute approximate surface area is 110 Å². The highest BCUT2D eigenvalue weighted by molar-refractivity contribution is 7.92. The van der Waals surface area contributed by atoms with Crippen LogP contribution in [0.2, 0.25) is 0 Å². The molecule has 0 spiro atoms. The van der Waals surface area contributed by atoms with Crippen LogP contribution in [0.15, 0.2) is 18.2 Å². The summed E-state index contributed by atoms with van der Waals surface area (Å²) in [6.45, 7) is 9.31. The summed E-state index contributed by atoms with van der Waals surface area (Å²) in [6, 6.07) is 5.79. The van der Waals surface area contributed by atoms with Crippen LogP contribution >= 0.6 is 0 Å². The molecule has 1 aromatic carbocycles. The molecule has 0 saturated carbocycles. The first-order valence-electron chi connectivity index (χ1n) is 6.06. The molecule has 0 N–H and O–H groups in total. The molecule has 0 aliphatic rings. The molecule has 0 fully saturated rings.